The SMILES string of the molecule is Cc1ccc(F)cc1SN1CCNCC1. The van der Waals surface area contributed by atoms with Crippen LogP contribution < -0.4 is 5.32 Å². The average Bonchev–Trinajstić information content (AvgIpc) is 2.25. The second-order valence-electron chi connectivity index (χ2n) is 3.68. The number of nitrogens with zero attached hydrogens (tertiary/aromatic N) is 1. The minimum absolute atomic E-state index is 0.154. The van der Waals surface area contributed by atoms with Gasteiger partial charge in [-0.25, -0.2) is 8.70 Å². The fraction of sp³-hybridized carbons (Fsp3) is 0.455. The molecule has 0 radical (unpaired) electrons. The highest BCUT2D eigenvalue weighted by Crippen LogP contribution is 2.26. The predicted octanol–water partition coefficient (Wildman–Crippen LogP) is 2.05. The summed E-state index contributed by atoms with van der Waals surface area (Å²) in [5, 5.41) is 3.30. The molecule has 2 nitrogen and oxygen atoms in total. The summed E-state index contributed by atoms with van der Waals surface area (Å²) in [6.45, 7) is 6.08. The van der Waals surface area contributed by atoms with Crippen molar-refractivity contribution in [1.82, 2.24) is 9.62 Å². The number of halogens is 1. The Morgan fingerprint density at radius 3 is 2.80 bits per heavy atom. The molecule has 4 heteroatoms. The standard InChI is InChI=1S/C11H15FN2S/c1-9-2-3-10(12)8-11(9)15-14-6-4-13-5-7-14/h2-3,8,13H,4-7H2,1H3. The van der Waals surface area contributed by atoms with Gasteiger partial charge in [-0.2, -0.15) is 0 Å². The van der Waals surface area contributed by atoms with Gasteiger partial charge in [0, 0.05) is 31.1 Å². The third kappa shape index (κ3) is 2.93. The Morgan fingerprint density at radius 2 is 2.07 bits per heavy atom. The van der Waals surface area contributed by atoms with Gasteiger partial charge in [0.2, 0.25) is 0 Å². The Labute approximate surface area is 94.0 Å². The van der Waals surface area contributed by atoms with Gasteiger partial charge in [0.05, 0.1) is 0 Å². The second-order valence-corrected chi connectivity index (χ2v) is 4.82. The zero-order chi connectivity index (χ0) is 10.7. The summed E-state index contributed by atoms with van der Waals surface area (Å²) in [5.41, 5.74) is 1.14. The van der Waals surface area contributed by atoms with Crippen LogP contribution in [0.25, 0.3) is 0 Å². The van der Waals surface area contributed by atoms with Gasteiger partial charge >= 0.3 is 0 Å². The summed E-state index contributed by atoms with van der Waals surface area (Å²) in [6.07, 6.45) is 0. The molecule has 0 atom stereocenters. The molecule has 2 rings (SSSR count). The summed E-state index contributed by atoms with van der Waals surface area (Å²) in [4.78, 5) is 1.02. The van der Waals surface area contributed by atoms with Gasteiger partial charge in [0.1, 0.15) is 5.82 Å². The minimum Gasteiger partial charge on any atom is -0.314 e. The molecule has 0 bridgehead atoms. The molecule has 1 heterocycles. The Kier molecular flexibility index (Phi) is 3.61. The summed E-state index contributed by atoms with van der Waals surface area (Å²) in [5.74, 6) is -0.154. The van der Waals surface area contributed by atoms with Crippen LogP contribution in [0.3, 0.4) is 0 Å². The van der Waals surface area contributed by atoms with Crippen molar-refractivity contribution < 1.29 is 4.39 Å². The van der Waals surface area contributed by atoms with Gasteiger partial charge in [-0.3, -0.25) is 0 Å². The van der Waals surface area contributed by atoms with Gasteiger partial charge in [0.15, 0.2) is 0 Å². The first-order chi connectivity index (χ1) is 7.25. The Hall–Kier alpha value is -0.580. The van der Waals surface area contributed by atoms with Crippen LogP contribution in [0.2, 0.25) is 0 Å². The summed E-state index contributed by atoms with van der Waals surface area (Å²) >= 11 is 1.66. The number of nitrogens with one attached hydrogen (secondary N) is 1. The van der Waals surface area contributed by atoms with E-state index < -0.39 is 0 Å². The molecule has 1 aliphatic heterocycles. The molecule has 0 amide bonds. The summed E-state index contributed by atoms with van der Waals surface area (Å²) in [6, 6.07) is 4.96. The van der Waals surface area contributed by atoms with Crippen LogP contribution in [-0.2, 0) is 0 Å². The van der Waals surface area contributed by atoms with Gasteiger partial charge in [-0.05, 0) is 36.6 Å². The number of hydrogen-bond donors (Lipinski definition) is 1. The molecule has 0 saturated carbocycles. The lowest BCUT2D eigenvalue weighted by Gasteiger charge is -2.26. The Morgan fingerprint density at radius 1 is 1.33 bits per heavy atom. The Bertz CT molecular complexity index is 337. The van der Waals surface area contributed by atoms with E-state index in [0.29, 0.717) is 0 Å². The third-order valence-corrected chi connectivity index (χ3v) is 3.71. The topological polar surface area (TPSA) is 15.3 Å². The molecule has 1 N–H and O–H groups in total. The summed E-state index contributed by atoms with van der Waals surface area (Å²) in [7, 11) is 0. The first kappa shape index (κ1) is 10.9. The fourth-order valence-corrected chi connectivity index (χ4v) is 2.57. The maximum atomic E-state index is 13.1. The van der Waals surface area contributed by atoms with Crippen molar-refractivity contribution in [2.45, 2.75) is 11.8 Å². The van der Waals surface area contributed by atoms with E-state index in [1.54, 1.807) is 18.0 Å². The fourth-order valence-electron chi connectivity index (χ4n) is 1.55. The van der Waals surface area contributed by atoms with Crippen LogP contribution in [0.1, 0.15) is 5.56 Å². The smallest absolute Gasteiger partial charge is 0.124 e. The van der Waals surface area contributed by atoms with E-state index in [1.165, 1.54) is 6.07 Å². The summed E-state index contributed by atoms with van der Waals surface area (Å²) < 4.78 is 15.3. The van der Waals surface area contributed by atoms with E-state index in [0.717, 1.165) is 36.6 Å². The lowest BCUT2D eigenvalue weighted by atomic mass is 10.2. The first-order valence-corrected chi connectivity index (χ1v) is 5.93. The zero-order valence-corrected chi connectivity index (χ0v) is 9.61. The molecular weight excluding hydrogens is 211 g/mol. The predicted molar refractivity (Wildman–Crippen MR) is 61.4 cm³/mol. The second kappa shape index (κ2) is 4.96. The quantitative estimate of drug-likeness (QED) is 0.777. The van der Waals surface area contributed by atoms with Crippen LogP contribution in [0.4, 0.5) is 4.39 Å². The van der Waals surface area contributed by atoms with Crippen molar-refractivity contribution in [1.29, 1.82) is 0 Å². The van der Waals surface area contributed by atoms with Crippen molar-refractivity contribution in [2.24, 2.45) is 0 Å². The lowest BCUT2D eigenvalue weighted by molar-refractivity contribution is 0.396. The minimum atomic E-state index is -0.154. The average molecular weight is 226 g/mol. The van der Waals surface area contributed by atoms with E-state index >= 15 is 0 Å². The van der Waals surface area contributed by atoms with E-state index in [2.05, 4.69) is 9.62 Å². The molecule has 0 aliphatic carbocycles. The number of aryl methyl sites for hydroxylation is 1. The van der Waals surface area contributed by atoms with E-state index in [9.17, 15) is 4.39 Å². The molecule has 1 fully saturated rings. The molecule has 15 heavy (non-hydrogen) atoms. The van der Waals surface area contributed by atoms with Gasteiger partial charge in [-0.15, -0.1) is 0 Å². The molecular formula is C11H15FN2S. The normalized spacial score (nSPS) is 18.0. The molecule has 1 aromatic rings. The highest BCUT2D eigenvalue weighted by molar-refractivity contribution is 7.97. The third-order valence-electron chi connectivity index (χ3n) is 2.45. The maximum Gasteiger partial charge on any atom is 0.124 e. The van der Waals surface area contributed by atoms with Gasteiger partial charge in [0.25, 0.3) is 0 Å². The van der Waals surface area contributed by atoms with Crippen molar-refractivity contribution in [2.75, 3.05) is 26.2 Å². The van der Waals surface area contributed by atoms with Crippen LogP contribution in [-0.4, -0.2) is 30.5 Å². The maximum absolute atomic E-state index is 13.1. The number of hydrogen-bond acceptors (Lipinski definition) is 3. The molecule has 0 aromatic heterocycles. The van der Waals surface area contributed by atoms with Crippen molar-refractivity contribution in [3.05, 3.63) is 29.6 Å². The number of benzene rings is 1. The molecule has 1 saturated heterocycles. The highest BCUT2D eigenvalue weighted by atomic mass is 32.2. The highest BCUT2D eigenvalue weighted by Gasteiger charge is 2.12. The monoisotopic (exact) mass is 226 g/mol. The molecule has 0 unspecified atom stereocenters. The first-order valence-electron chi connectivity index (χ1n) is 5.15. The van der Waals surface area contributed by atoms with Crippen molar-refractivity contribution in [3.8, 4) is 0 Å². The lowest BCUT2D eigenvalue weighted by Crippen LogP contribution is -2.39. The molecule has 82 valence electrons. The Balaban J connectivity index is 2.05. The molecule has 1 aromatic carbocycles. The van der Waals surface area contributed by atoms with Gasteiger partial charge < -0.3 is 5.32 Å². The zero-order valence-electron chi connectivity index (χ0n) is 8.79. The molecule has 1 aliphatic rings. The van der Waals surface area contributed by atoms with Gasteiger partial charge in [-0.1, -0.05) is 6.07 Å². The van der Waals surface area contributed by atoms with Crippen LogP contribution >= 0.6 is 11.9 Å². The van der Waals surface area contributed by atoms with Crippen LogP contribution in [0, 0.1) is 12.7 Å². The van der Waals surface area contributed by atoms with E-state index in [-0.39, 0.29) is 5.82 Å². The van der Waals surface area contributed by atoms with E-state index in [1.807, 2.05) is 13.0 Å². The largest absolute Gasteiger partial charge is 0.314 e. The van der Waals surface area contributed by atoms with Crippen molar-refractivity contribution >= 4 is 11.9 Å². The van der Waals surface area contributed by atoms with Crippen molar-refractivity contribution in [3.63, 3.8) is 0 Å². The van der Waals surface area contributed by atoms with Crippen LogP contribution in [0.15, 0.2) is 23.1 Å². The number of piperazine rings is 1. The number of rotatable bonds is 2. The van der Waals surface area contributed by atoms with Crippen LogP contribution in [0.5, 0.6) is 0 Å². The molecule has 0 spiro atoms. The van der Waals surface area contributed by atoms with E-state index in [4.69, 9.17) is 0 Å².